The van der Waals surface area contributed by atoms with Gasteiger partial charge in [-0.3, -0.25) is 4.79 Å². The van der Waals surface area contributed by atoms with Crippen LogP contribution in [-0.4, -0.2) is 24.0 Å². The van der Waals surface area contributed by atoms with Gasteiger partial charge in [-0.2, -0.15) is 0 Å². The fourth-order valence-electron chi connectivity index (χ4n) is 3.41. The molecule has 3 aromatic carbocycles. The molecule has 0 aliphatic rings. The summed E-state index contributed by atoms with van der Waals surface area (Å²) >= 11 is 0. The number of carbonyl (C=O) groups is 1. The highest BCUT2D eigenvalue weighted by molar-refractivity contribution is 5.93. The summed E-state index contributed by atoms with van der Waals surface area (Å²) in [5.41, 5.74) is 14.1. The molecule has 0 spiro atoms. The Bertz CT molecular complexity index is 1230. The van der Waals surface area contributed by atoms with Gasteiger partial charge in [-0.05, 0) is 71.8 Å². The van der Waals surface area contributed by atoms with Crippen LogP contribution in [0.1, 0.15) is 10.5 Å². The van der Waals surface area contributed by atoms with Crippen LogP contribution in [0.5, 0.6) is 11.5 Å². The fourth-order valence-corrected chi connectivity index (χ4v) is 3.41. The number of aromatic nitrogens is 1. The Hall–Kier alpha value is -4.23. The second kappa shape index (κ2) is 9.93. The molecule has 0 atom stereocenters. The molecule has 4 aromatic rings. The summed E-state index contributed by atoms with van der Waals surface area (Å²) in [6.07, 6.45) is 0. The van der Waals surface area contributed by atoms with Gasteiger partial charge in [0.05, 0.1) is 0 Å². The van der Waals surface area contributed by atoms with Crippen molar-refractivity contribution in [3.63, 3.8) is 0 Å². The minimum absolute atomic E-state index is 0.159. The summed E-state index contributed by atoms with van der Waals surface area (Å²) in [7, 11) is 0. The quantitative estimate of drug-likeness (QED) is 0.406. The van der Waals surface area contributed by atoms with Crippen LogP contribution < -0.4 is 21.1 Å². The zero-order valence-electron chi connectivity index (χ0n) is 17.8. The maximum absolute atomic E-state index is 13.1. The molecule has 4 rings (SSSR count). The Morgan fingerprint density at radius 1 is 0.879 bits per heavy atom. The molecule has 6 nitrogen and oxygen atoms in total. The van der Waals surface area contributed by atoms with Crippen LogP contribution >= 0.6 is 0 Å². The van der Waals surface area contributed by atoms with E-state index in [4.69, 9.17) is 16.2 Å². The van der Waals surface area contributed by atoms with Crippen molar-refractivity contribution in [2.45, 2.75) is 0 Å². The average molecular weight is 442 g/mol. The van der Waals surface area contributed by atoms with Crippen LogP contribution in [0.3, 0.4) is 0 Å². The number of nitrogens with two attached hydrogens (primary N) is 2. The molecule has 1 amide bonds. The number of hydrogen-bond donors (Lipinski definition) is 2. The minimum Gasteiger partial charge on any atom is -0.457 e. The first kappa shape index (κ1) is 22.0. The van der Waals surface area contributed by atoms with Crippen molar-refractivity contribution in [2.75, 3.05) is 18.0 Å². The molecular formula is C26H23FN4O2. The largest absolute Gasteiger partial charge is 0.457 e. The minimum atomic E-state index is -0.616. The first-order valence-electron chi connectivity index (χ1n) is 10.4. The van der Waals surface area contributed by atoms with E-state index in [1.807, 2.05) is 53.4 Å². The predicted octanol–water partition coefficient (Wildman–Crippen LogP) is 4.88. The van der Waals surface area contributed by atoms with Crippen molar-refractivity contribution < 1.29 is 13.9 Å². The molecule has 4 N–H and O–H groups in total. The van der Waals surface area contributed by atoms with E-state index < -0.39 is 5.91 Å². The van der Waals surface area contributed by atoms with E-state index in [0.29, 0.717) is 30.4 Å². The number of ether oxygens (including phenoxy) is 1. The Kier molecular flexibility index (Phi) is 6.61. The monoisotopic (exact) mass is 442 g/mol. The van der Waals surface area contributed by atoms with Gasteiger partial charge in [-0.15, -0.1) is 0 Å². The SMILES string of the molecule is NCCN(c1ccccc1)c1cc(-c2ccc(Oc3ccc(F)cc3)cc2)cc(C(N)=O)n1. The third kappa shape index (κ3) is 5.34. The van der Waals surface area contributed by atoms with Crippen molar-refractivity contribution in [2.24, 2.45) is 11.5 Å². The molecular weight excluding hydrogens is 419 g/mol. The highest BCUT2D eigenvalue weighted by Gasteiger charge is 2.15. The van der Waals surface area contributed by atoms with E-state index in [1.54, 1.807) is 30.3 Å². The Morgan fingerprint density at radius 2 is 1.52 bits per heavy atom. The normalized spacial score (nSPS) is 10.6. The molecule has 0 aliphatic heterocycles. The maximum Gasteiger partial charge on any atom is 0.267 e. The van der Waals surface area contributed by atoms with Gasteiger partial charge in [0.2, 0.25) is 0 Å². The maximum atomic E-state index is 13.1. The van der Waals surface area contributed by atoms with Gasteiger partial charge in [0.15, 0.2) is 0 Å². The standard InChI is InChI=1S/C26H23FN4O2/c27-20-8-12-23(13-9-20)33-22-10-6-18(7-11-22)19-16-24(26(29)32)30-25(17-19)31(15-14-28)21-4-2-1-3-5-21/h1-13,16-17H,14-15,28H2,(H2,29,32). The Morgan fingerprint density at radius 3 is 2.12 bits per heavy atom. The highest BCUT2D eigenvalue weighted by Crippen LogP contribution is 2.31. The van der Waals surface area contributed by atoms with Crippen LogP contribution in [0, 0.1) is 5.82 Å². The van der Waals surface area contributed by atoms with Crippen molar-refractivity contribution in [1.82, 2.24) is 4.98 Å². The van der Waals surface area contributed by atoms with Crippen molar-refractivity contribution in [1.29, 1.82) is 0 Å². The van der Waals surface area contributed by atoms with Gasteiger partial charge in [-0.25, -0.2) is 9.37 Å². The van der Waals surface area contributed by atoms with Crippen LogP contribution in [-0.2, 0) is 0 Å². The molecule has 166 valence electrons. The van der Waals surface area contributed by atoms with E-state index in [-0.39, 0.29) is 11.5 Å². The number of carbonyl (C=O) groups excluding carboxylic acids is 1. The fraction of sp³-hybridized carbons (Fsp3) is 0.0769. The lowest BCUT2D eigenvalue weighted by Crippen LogP contribution is -2.26. The highest BCUT2D eigenvalue weighted by atomic mass is 19.1. The van der Waals surface area contributed by atoms with Gasteiger partial charge >= 0.3 is 0 Å². The Labute approximate surface area is 191 Å². The van der Waals surface area contributed by atoms with Gasteiger partial charge in [-0.1, -0.05) is 30.3 Å². The molecule has 0 saturated heterocycles. The molecule has 0 radical (unpaired) electrons. The molecule has 0 saturated carbocycles. The summed E-state index contributed by atoms with van der Waals surface area (Å²) in [4.78, 5) is 18.4. The second-order valence-corrected chi connectivity index (χ2v) is 7.32. The third-order valence-electron chi connectivity index (χ3n) is 5.00. The van der Waals surface area contributed by atoms with Gasteiger partial charge < -0.3 is 21.1 Å². The number of amides is 1. The van der Waals surface area contributed by atoms with E-state index >= 15 is 0 Å². The summed E-state index contributed by atoms with van der Waals surface area (Å²) < 4.78 is 18.9. The van der Waals surface area contributed by atoms with Gasteiger partial charge in [0.25, 0.3) is 5.91 Å². The summed E-state index contributed by atoms with van der Waals surface area (Å²) in [5, 5.41) is 0. The lowest BCUT2D eigenvalue weighted by molar-refractivity contribution is 0.0995. The summed E-state index contributed by atoms with van der Waals surface area (Å²) in [5.74, 6) is 0.769. The summed E-state index contributed by atoms with van der Waals surface area (Å²) in [6.45, 7) is 0.922. The number of anilines is 2. The van der Waals surface area contributed by atoms with E-state index in [2.05, 4.69) is 4.98 Å². The Balaban J connectivity index is 1.67. The lowest BCUT2D eigenvalue weighted by Gasteiger charge is -2.24. The number of rotatable bonds is 8. The number of pyridine rings is 1. The van der Waals surface area contributed by atoms with E-state index in [0.717, 1.165) is 16.8 Å². The third-order valence-corrected chi connectivity index (χ3v) is 5.00. The topological polar surface area (TPSA) is 94.5 Å². The number of hydrogen-bond acceptors (Lipinski definition) is 5. The predicted molar refractivity (Wildman–Crippen MR) is 127 cm³/mol. The number of para-hydroxylation sites is 1. The molecule has 0 fully saturated rings. The zero-order valence-corrected chi connectivity index (χ0v) is 17.8. The number of primary amides is 1. The lowest BCUT2D eigenvalue weighted by atomic mass is 10.0. The van der Waals surface area contributed by atoms with Crippen LogP contribution in [0.2, 0.25) is 0 Å². The summed E-state index contributed by atoms with van der Waals surface area (Å²) in [6, 6.07) is 26.4. The molecule has 0 aliphatic carbocycles. The molecule has 33 heavy (non-hydrogen) atoms. The first-order chi connectivity index (χ1) is 16.0. The van der Waals surface area contributed by atoms with E-state index in [1.165, 1.54) is 12.1 Å². The molecule has 1 heterocycles. The second-order valence-electron chi connectivity index (χ2n) is 7.32. The molecule has 0 bridgehead atoms. The number of halogens is 1. The van der Waals surface area contributed by atoms with Crippen LogP contribution in [0.4, 0.5) is 15.9 Å². The smallest absolute Gasteiger partial charge is 0.267 e. The zero-order chi connectivity index (χ0) is 23.2. The van der Waals surface area contributed by atoms with Crippen LogP contribution in [0.25, 0.3) is 11.1 Å². The van der Waals surface area contributed by atoms with Gasteiger partial charge in [0, 0.05) is 18.8 Å². The average Bonchev–Trinajstić information content (AvgIpc) is 2.84. The first-order valence-corrected chi connectivity index (χ1v) is 10.4. The number of nitrogens with zero attached hydrogens (tertiary/aromatic N) is 2. The molecule has 0 unspecified atom stereocenters. The van der Waals surface area contributed by atoms with Crippen molar-refractivity contribution in [3.05, 3.63) is 103 Å². The number of benzene rings is 3. The van der Waals surface area contributed by atoms with Crippen molar-refractivity contribution in [3.8, 4) is 22.6 Å². The molecule has 1 aromatic heterocycles. The van der Waals surface area contributed by atoms with E-state index in [9.17, 15) is 9.18 Å². The molecule has 7 heteroatoms. The van der Waals surface area contributed by atoms with Gasteiger partial charge in [0.1, 0.15) is 28.8 Å². The van der Waals surface area contributed by atoms with Crippen molar-refractivity contribution >= 4 is 17.4 Å². The van der Waals surface area contributed by atoms with Crippen LogP contribution in [0.15, 0.2) is 91.0 Å².